The van der Waals surface area contributed by atoms with Gasteiger partial charge in [0.05, 0.1) is 16.8 Å². The Labute approximate surface area is 91.5 Å². The minimum absolute atomic E-state index is 0.172. The highest BCUT2D eigenvalue weighted by molar-refractivity contribution is 6.35. The van der Waals surface area contributed by atoms with Crippen LogP contribution in [0.2, 0.25) is 5.02 Å². The molecule has 0 aliphatic carbocycles. The number of benzene rings is 1. The molecule has 2 rings (SSSR count). The number of hydrogen-bond acceptors (Lipinski definition) is 3. The first-order valence-corrected chi connectivity index (χ1v) is 4.68. The van der Waals surface area contributed by atoms with Gasteiger partial charge in [-0.15, -0.1) is 0 Å². The van der Waals surface area contributed by atoms with Gasteiger partial charge in [-0.2, -0.15) is 0 Å². The van der Waals surface area contributed by atoms with E-state index in [1.54, 1.807) is 24.3 Å². The number of furan rings is 1. The van der Waals surface area contributed by atoms with E-state index in [0.717, 1.165) is 0 Å². The van der Waals surface area contributed by atoms with Gasteiger partial charge >= 0.3 is 0 Å². The first-order valence-electron chi connectivity index (χ1n) is 4.30. The minimum atomic E-state index is -0.172. The molecule has 1 aromatic heterocycles. The molecule has 0 spiro atoms. The zero-order chi connectivity index (χ0) is 10.8. The van der Waals surface area contributed by atoms with Crippen LogP contribution in [-0.2, 0) is 0 Å². The monoisotopic (exact) mass is 221 g/mol. The van der Waals surface area contributed by atoms with Gasteiger partial charge in [-0.05, 0) is 24.3 Å². The molecule has 3 nitrogen and oxygen atoms in total. The van der Waals surface area contributed by atoms with Crippen LogP contribution in [0.3, 0.4) is 0 Å². The van der Waals surface area contributed by atoms with Gasteiger partial charge in [0.25, 0.3) is 0 Å². The highest BCUT2D eigenvalue weighted by atomic mass is 35.5. The van der Waals surface area contributed by atoms with Gasteiger partial charge in [0.2, 0.25) is 0 Å². The van der Waals surface area contributed by atoms with Gasteiger partial charge in [-0.3, -0.25) is 4.79 Å². The SMILES string of the molecule is Nc1ccc(C(=O)c2ccoc2)c(Cl)c1. The van der Waals surface area contributed by atoms with E-state index in [9.17, 15) is 4.79 Å². The van der Waals surface area contributed by atoms with Crippen molar-refractivity contribution in [3.05, 3.63) is 52.9 Å². The number of halogens is 1. The third-order valence-corrected chi connectivity index (χ3v) is 2.33. The van der Waals surface area contributed by atoms with Crippen molar-refractivity contribution in [3.8, 4) is 0 Å². The van der Waals surface area contributed by atoms with Crippen molar-refractivity contribution in [2.24, 2.45) is 0 Å². The van der Waals surface area contributed by atoms with Crippen molar-refractivity contribution in [1.29, 1.82) is 0 Å². The van der Waals surface area contributed by atoms with Gasteiger partial charge < -0.3 is 10.2 Å². The van der Waals surface area contributed by atoms with Crippen LogP contribution in [0.5, 0.6) is 0 Å². The first-order chi connectivity index (χ1) is 7.18. The predicted octanol–water partition coefficient (Wildman–Crippen LogP) is 2.75. The molecule has 2 N–H and O–H groups in total. The molecule has 1 aromatic carbocycles. The number of carbonyl (C=O) groups is 1. The summed E-state index contributed by atoms with van der Waals surface area (Å²) in [5.74, 6) is -0.172. The van der Waals surface area contributed by atoms with Crippen LogP contribution < -0.4 is 5.73 Å². The zero-order valence-corrected chi connectivity index (χ0v) is 8.49. The smallest absolute Gasteiger partial charge is 0.197 e. The predicted molar refractivity (Wildman–Crippen MR) is 58.0 cm³/mol. The Bertz CT molecular complexity index is 491. The second-order valence-electron chi connectivity index (χ2n) is 3.08. The maximum absolute atomic E-state index is 11.9. The number of rotatable bonds is 2. The van der Waals surface area contributed by atoms with Gasteiger partial charge in [-0.1, -0.05) is 11.6 Å². The second-order valence-corrected chi connectivity index (χ2v) is 3.49. The van der Waals surface area contributed by atoms with Crippen molar-refractivity contribution < 1.29 is 9.21 Å². The van der Waals surface area contributed by atoms with Gasteiger partial charge in [-0.25, -0.2) is 0 Å². The molecule has 76 valence electrons. The average molecular weight is 222 g/mol. The Morgan fingerprint density at radius 3 is 2.73 bits per heavy atom. The number of carbonyl (C=O) groups excluding carboxylic acids is 1. The molecule has 4 heteroatoms. The number of hydrogen-bond donors (Lipinski definition) is 1. The highest BCUT2D eigenvalue weighted by Gasteiger charge is 2.13. The number of anilines is 1. The molecular weight excluding hydrogens is 214 g/mol. The first kappa shape index (κ1) is 9.80. The summed E-state index contributed by atoms with van der Waals surface area (Å²) in [6.07, 6.45) is 2.83. The molecular formula is C11H8ClNO2. The van der Waals surface area contributed by atoms with E-state index in [1.807, 2.05) is 0 Å². The fourth-order valence-corrected chi connectivity index (χ4v) is 1.54. The summed E-state index contributed by atoms with van der Waals surface area (Å²) in [5, 5.41) is 0.348. The van der Waals surface area contributed by atoms with E-state index in [0.29, 0.717) is 21.8 Å². The van der Waals surface area contributed by atoms with Crippen LogP contribution in [0.4, 0.5) is 5.69 Å². The molecule has 0 aliphatic heterocycles. The molecule has 0 fully saturated rings. The molecule has 0 unspecified atom stereocenters. The quantitative estimate of drug-likeness (QED) is 0.627. The zero-order valence-electron chi connectivity index (χ0n) is 7.74. The maximum Gasteiger partial charge on any atom is 0.197 e. The molecule has 0 amide bonds. The lowest BCUT2D eigenvalue weighted by Crippen LogP contribution is -2.01. The number of nitrogen functional groups attached to an aromatic ring is 1. The third-order valence-electron chi connectivity index (χ3n) is 2.02. The Balaban J connectivity index is 2.42. The summed E-state index contributed by atoms with van der Waals surface area (Å²) in [4.78, 5) is 11.9. The van der Waals surface area contributed by atoms with E-state index < -0.39 is 0 Å². The van der Waals surface area contributed by atoms with E-state index in [2.05, 4.69) is 0 Å². The van der Waals surface area contributed by atoms with E-state index in [4.69, 9.17) is 21.8 Å². The normalized spacial score (nSPS) is 10.2. The molecule has 0 aliphatic rings. The summed E-state index contributed by atoms with van der Waals surface area (Å²) in [7, 11) is 0. The minimum Gasteiger partial charge on any atom is -0.472 e. The van der Waals surface area contributed by atoms with E-state index >= 15 is 0 Å². The summed E-state index contributed by atoms with van der Waals surface area (Å²) in [6.45, 7) is 0. The van der Waals surface area contributed by atoms with Crippen LogP contribution in [0.15, 0.2) is 41.2 Å². The van der Waals surface area contributed by atoms with Crippen molar-refractivity contribution in [1.82, 2.24) is 0 Å². The van der Waals surface area contributed by atoms with Gasteiger partial charge in [0.1, 0.15) is 6.26 Å². The second kappa shape index (κ2) is 3.79. The standard InChI is InChI=1S/C11H8ClNO2/c12-10-5-8(13)1-2-9(10)11(14)7-3-4-15-6-7/h1-6H,13H2. The van der Waals surface area contributed by atoms with Gasteiger partial charge in [0, 0.05) is 11.3 Å². The summed E-state index contributed by atoms with van der Waals surface area (Å²) in [5.41, 5.74) is 6.96. The van der Waals surface area contributed by atoms with Crippen molar-refractivity contribution >= 4 is 23.1 Å². The molecule has 0 atom stereocenters. The topological polar surface area (TPSA) is 56.2 Å². The Hall–Kier alpha value is -1.74. The van der Waals surface area contributed by atoms with Crippen LogP contribution in [0, 0.1) is 0 Å². The molecule has 1 heterocycles. The number of ketones is 1. The maximum atomic E-state index is 11.9. The average Bonchev–Trinajstić information content (AvgIpc) is 2.69. The van der Waals surface area contributed by atoms with E-state index in [1.165, 1.54) is 12.5 Å². The fraction of sp³-hybridized carbons (Fsp3) is 0. The van der Waals surface area contributed by atoms with Gasteiger partial charge in [0.15, 0.2) is 5.78 Å². The lowest BCUT2D eigenvalue weighted by Gasteiger charge is -2.02. The Kier molecular flexibility index (Phi) is 2.47. The molecule has 15 heavy (non-hydrogen) atoms. The van der Waals surface area contributed by atoms with Crippen LogP contribution >= 0.6 is 11.6 Å². The fourth-order valence-electron chi connectivity index (χ4n) is 1.26. The Morgan fingerprint density at radius 1 is 1.33 bits per heavy atom. The van der Waals surface area contributed by atoms with Crippen molar-refractivity contribution in [2.75, 3.05) is 5.73 Å². The van der Waals surface area contributed by atoms with Crippen LogP contribution in [0.1, 0.15) is 15.9 Å². The lowest BCUT2D eigenvalue weighted by molar-refractivity contribution is 0.103. The number of nitrogens with two attached hydrogens (primary N) is 1. The summed E-state index contributed by atoms with van der Waals surface area (Å²) < 4.78 is 4.83. The molecule has 0 radical (unpaired) electrons. The van der Waals surface area contributed by atoms with Crippen molar-refractivity contribution in [2.45, 2.75) is 0 Å². The Morgan fingerprint density at radius 2 is 2.13 bits per heavy atom. The van der Waals surface area contributed by atoms with Crippen LogP contribution in [-0.4, -0.2) is 5.78 Å². The lowest BCUT2D eigenvalue weighted by atomic mass is 10.1. The molecule has 2 aromatic rings. The van der Waals surface area contributed by atoms with Crippen LogP contribution in [0.25, 0.3) is 0 Å². The largest absolute Gasteiger partial charge is 0.472 e. The molecule has 0 saturated carbocycles. The third kappa shape index (κ3) is 1.87. The molecule has 0 saturated heterocycles. The highest BCUT2D eigenvalue weighted by Crippen LogP contribution is 2.22. The molecule has 0 bridgehead atoms. The summed E-state index contributed by atoms with van der Waals surface area (Å²) >= 11 is 5.91. The van der Waals surface area contributed by atoms with E-state index in [-0.39, 0.29) is 5.78 Å². The summed E-state index contributed by atoms with van der Waals surface area (Å²) in [6, 6.07) is 6.39. The van der Waals surface area contributed by atoms with Crippen molar-refractivity contribution in [3.63, 3.8) is 0 Å².